The minimum absolute atomic E-state index is 0.647. The third kappa shape index (κ3) is 3.61. The smallest absolute Gasteiger partial charge is 0.173 e. The molecule has 0 radical (unpaired) electrons. The standard InChI is InChI=1S/C13H18N2S2/c1-10-8-15(9-11(2)17-10)13(16)14-12-6-4-3-5-7-12/h3-7,10-11H,8-9H2,1-2H3,(H,14,16). The van der Waals surface area contributed by atoms with E-state index in [4.69, 9.17) is 12.2 Å². The number of nitrogens with zero attached hydrogens (tertiary/aromatic N) is 1. The third-order valence-corrected chi connectivity index (χ3v) is 4.32. The Morgan fingerprint density at radius 1 is 1.24 bits per heavy atom. The number of hydrogen-bond donors (Lipinski definition) is 1. The van der Waals surface area contributed by atoms with E-state index in [1.54, 1.807) is 0 Å². The normalized spacial score (nSPS) is 24.5. The lowest BCUT2D eigenvalue weighted by Gasteiger charge is -2.36. The van der Waals surface area contributed by atoms with Crippen LogP contribution in [0.3, 0.4) is 0 Å². The van der Waals surface area contributed by atoms with Crippen molar-refractivity contribution in [1.29, 1.82) is 0 Å². The molecule has 1 aliphatic rings. The number of thiocarbonyl (C=S) groups is 1. The number of benzene rings is 1. The van der Waals surface area contributed by atoms with Crippen LogP contribution in [0.25, 0.3) is 0 Å². The van der Waals surface area contributed by atoms with Crippen molar-refractivity contribution in [2.45, 2.75) is 24.3 Å². The van der Waals surface area contributed by atoms with Crippen LogP contribution in [0.4, 0.5) is 5.69 Å². The molecule has 2 rings (SSSR count). The lowest BCUT2D eigenvalue weighted by Crippen LogP contribution is -2.45. The number of hydrogen-bond acceptors (Lipinski definition) is 2. The molecule has 1 aromatic carbocycles. The van der Waals surface area contributed by atoms with Crippen LogP contribution in [-0.2, 0) is 0 Å². The first-order chi connectivity index (χ1) is 8.15. The highest BCUT2D eigenvalue weighted by molar-refractivity contribution is 8.00. The maximum Gasteiger partial charge on any atom is 0.173 e. The second kappa shape index (κ2) is 5.74. The summed E-state index contributed by atoms with van der Waals surface area (Å²) in [6.45, 7) is 6.60. The Hall–Kier alpha value is -0.740. The third-order valence-electron chi connectivity index (χ3n) is 2.73. The van der Waals surface area contributed by atoms with Gasteiger partial charge in [0.25, 0.3) is 0 Å². The van der Waals surface area contributed by atoms with Crippen molar-refractivity contribution < 1.29 is 0 Å². The molecule has 0 saturated carbocycles. The van der Waals surface area contributed by atoms with E-state index in [1.807, 2.05) is 42.1 Å². The summed E-state index contributed by atoms with van der Waals surface area (Å²) < 4.78 is 0. The van der Waals surface area contributed by atoms with Gasteiger partial charge in [-0.25, -0.2) is 0 Å². The van der Waals surface area contributed by atoms with Gasteiger partial charge in [-0.15, -0.1) is 0 Å². The van der Waals surface area contributed by atoms with Crippen LogP contribution in [0.1, 0.15) is 13.8 Å². The molecule has 1 aliphatic heterocycles. The van der Waals surface area contributed by atoms with Gasteiger partial charge in [-0.2, -0.15) is 11.8 Å². The SMILES string of the molecule is CC1CN(C(=S)Nc2ccccc2)CC(C)S1. The number of rotatable bonds is 1. The van der Waals surface area contributed by atoms with E-state index in [0.717, 1.165) is 23.9 Å². The molecule has 92 valence electrons. The van der Waals surface area contributed by atoms with Crippen molar-refractivity contribution in [2.24, 2.45) is 0 Å². The zero-order valence-corrected chi connectivity index (χ0v) is 11.9. The molecule has 2 unspecified atom stereocenters. The number of nitrogens with one attached hydrogen (secondary N) is 1. The van der Waals surface area contributed by atoms with Gasteiger partial charge in [0, 0.05) is 29.3 Å². The fourth-order valence-electron chi connectivity index (χ4n) is 2.07. The first-order valence-electron chi connectivity index (χ1n) is 5.91. The molecule has 1 N–H and O–H groups in total. The summed E-state index contributed by atoms with van der Waals surface area (Å²) >= 11 is 7.51. The predicted molar refractivity (Wildman–Crippen MR) is 80.8 cm³/mol. The molecule has 4 heteroatoms. The highest BCUT2D eigenvalue weighted by atomic mass is 32.2. The van der Waals surface area contributed by atoms with Gasteiger partial charge >= 0.3 is 0 Å². The second-order valence-corrected chi connectivity index (χ2v) is 6.73. The van der Waals surface area contributed by atoms with E-state index in [9.17, 15) is 0 Å². The molecule has 2 atom stereocenters. The summed E-state index contributed by atoms with van der Waals surface area (Å²) in [6, 6.07) is 10.1. The Morgan fingerprint density at radius 2 is 1.82 bits per heavy atom. The Labute approximate surface area is 113 Å². The molecule has 0 spiro atoms. The van der Waals surface area contributed by atoms with E-state index >= 15 is 0 Å². The number of para-hydroxylation sites is 1. The average Bonchev–Trinajstić information content (AvgIpc) is 2.29. The zero-order chi connectivity index (χ0) is 12.3. The summed E-state index contributed by atoms with van der Waals surface area (Å²) in [5.74, 6) is 0. The quantitative estimate of drug-likeness (QED) is 0.785. The van der Waals surface area contributed by atoms with Gasteiger partial charge in [0.1, 0.15) is 0 Å². The van der Waals surface area contributed by atoms with E-state index < -0.39 is 0 Å². The van der Waals surface area contributed by atoms with Gasteiger partial charge in [0.15, 0.2) is 5.11 Å². The topological polar surface area (TPSA) is 15.3 Å². The van der Waals surface area contributed by atoms with Crippen LogP contribution in [-0.4, -0.2) is 33.6 Å². The second-order valence-electron chi connectivity index (χ2n) is 4.46. The number of thioether (sulfide) groups is 1. The van der Waals surface area contributed by atoms with Gasteiger partial charge < -0.3 is 10.2 Å². The fourth-order valence-corrected chi connectivity index (χ4v) is 3.66. The molecule has 17 heavy (non-hydrogen) atoms. The van der Waals surface area contributed by atoms with Gasteiger partial charge in [0.05, 0.1) is 0 Å². The molecular formula is C13H18N2S2. The number of anilines is 1. The first kappa shape index (κ1) is 12.7. The minimum Gasteiger partial charge on any atom is -0.347 e. The van der Waals surface area contributed by atoms with E-state index in [0.29, 0.717) is 10.5 Å². The van der Waals surface area contributed by atoms with Crippen molar-refractivity contribution >= 4 is 34.8 Å². The largest absolute Gasteiger partial charge is 0.347 e. The van der Waals surface area contributed by atoms with Crippen LogP contribution < -0.4 is 5.32 Å². The molecule has 1 aromatic rings. The first-order valence-corrected chi connectivity index (χ1v) is 7.26. The summed E-state index contributed by atoms with van der Waals surface area (Å²) in [4.78, 5) is 2.27. The Morgan fingerprint density at radius 3 is 2.41 bits per heavy atom. The lowest BCUT2D eigenvalue weighted by molar-refractivity contribution is 0.416. The van der Waals surface area contributed by atoms with Gasteiger partial charge in [-0.1, -0.05) is 32.0 Å². The van der Waals surface area contributed by atoms with Crippen LogP contribution in [0, 0.1) is 0 Å². The molecule has 1 fully saturated rings. The average molecular weight is 266 g/mol. The molecule has 2 nitrogen and oxygen atoms in total. The minimum atomic E-state index is 0.647. The molecule has 0 bridgehead atoms. The summed E-state index contributed by atoms with van der Waals surface area (Å²) in [5.41, 5.74) is 1.07. The van der Waals surface area contributed by atoms with Gasteiger partial charge in [0.2, 0.25) is 0 Å². The van der Waals surface area contributed by atoms with Crippen LogP contribution in [0.5, 0.6) is 0 Å². The fraction of sp³-hybridized carbons (Fsp3) is 0.462. The van der Waals surface area contributed by atoms with Crippen LogP contribution in [0.2, 0.25) is 0 Å². The van der Waals surface area contributed by atoms with E-state index in [1.165, 1.54) is 0 Å². The van der Waals surface area contributed by atoms with Gasteiger partial charge in [-0.3, -0.25) is 0 Å². The lowest BCUT2D eigenvalue weighted by atomic mass is 10.3. The molecule has 1 heterocycles. The summed E-state index contributed by atoms with van der Waals surface area (Å²) in [5, 5.41) is 5.44. The predicted octanol–water partition coefficient (Wildman–Crippen LogP) is 3.21. The molecule has 0 aromatic heterocycles. The molecule has 0 amide bonds. The Bertz CT molecular complexity index is 370. The van der Waals surface area contributed by atoms with Crippen molar-refractivity contribution in [3.8, 4) is 0 Å². The highest BCUT2D eigenvalue weighted by Gasteiger charge is 2.23. The zero-order valence-electron chi connectivity index (χ0n) is 10.2. The van der Waals surface area contributed by atoms with Crippen molar-refractivity contribution in [3.05, 3.63) is 30.3 Å². The summed E-state index contributed by atoms with van der Waals surface area (Å²) in [7, 11) is 0. The molecular weight excluding hydrogens is 248 g/mol. The maximum atomic E-state index is 5.47. The Balaban J connectivity index is 1.96. The van der Waals surface area contributed by atoms with Crippen molar-refractivity contribution in [2.75, 3.05) is 18.4 Å². The van der Waals surface area contributed by atoms with E-state index in [2.05, 4.69) is 24.1 Å². The van der Waals surface area contributed by atoms with Crippen LogP contribution in [0.15, 0.2) is 30.3 Å². The van der Waals surface area contributed by atoms with Crippen molar-refractivity contribution in [1.82, 2.24) is 4.90 Å². The monoisotopic (exact) mass is 266 g/mol. The summed E-state index contributed by atoms with van der Waals surface area (Å²) in [6.07, 6.45) is 0. The van der Waals surface area contributed by atoms with Crippen molar-refractivity contribution in [3.63, 3.8) is 0 Å². The maximum absolute atomic E-state index is 5.47. The van der Waals surface area contributed by atoms with E-state index in [-0.39, 0.29) is 0 Å². The molecule has 1 saturated heterocycles. The highest BCUT2D eigenvalue weighted by Crippen LogP contribution is 2.25. The van der Waals surface area contributed by atoms with Gasteiger partial charge in [-0.05, 0) is 24.4 Å². The Kier molecular flexibility index (Phi) is 4.29. The molecule has 0 aliphatic carbocycles. The van der Waals surface area contributed by atoms with Crippen LogP contribution >= 0.6 is 24.0 Å².